The maximum Gasteiger partial charge on any atom is 0.120 e. The summed E-state index contributed by atoms with van der Waals surface area (Å²) in [6.07, 6.45) is 1.66. The van der Waals surface area contributed by atoms with Gasteiger partial charge in [-0.25, -0.2) is 0 Å². The molecule has 0 radical (unpaired) electrons. The summed E-state index contributed by atoms with van der Waals surface area (Å²) in [6.45, 7) is 2.90. The van der Waals surface area contributed by atoms with E-state index >= 15 is 0 Å². The van der Waals surface area contributed by atoms with Crippen molar-refractivity contribution in [1.29, 1.82) is 0 Å². The molecule has 0 heterocycles. The molecule has 90 valence electrons. The molecule has 4 nitrogen and oxygen atoms in total. The van der Waals surface area contributed by atoms with E-state index in [9.17, 15) is 10.2 Å². The predicted molar refractivity (Wildman–Crippen MR) is 62.5 cm³/mol. The van der Waals surface area contributed by atoms with Gasteiger partial charge in [0.1, 0.15) is 11.5 Å². The van der Waals surface area contributed by atoms with Crippen molar-refractivity contribution in [2.24, 2.45) is 0 Å². The Hall–Kier alpha value is -1.26. The van der Waals surface area contributed by atoms with Gasteiger partial charge in [-0.3, -0.25) is 0 Å². The smallest absolute Gasteiger partial charge is 0.120 e. The molecule has 16 heavy (non-hydrogen) atoms. The quantitative estimate of drug-likeness (QED) is 0.437. The minimum atomic E-state index is -0.0224. The van der Waals surface area contributed by atoms with Crippen LogP contribution in [0.15, 0.2) is 18.2 Å². The van der Waals surface area contributed by atoms with E-state index in [-0.39, 0.29) is 24.1 Å². The van der Waals surface area contributed by atoms with Crippen molar-refractivity contribution < 1.29 is 15.3 Å². The molecule has 1 unspecified atom stereocenters. The van der Waals surface area contributed by atoms with Crippen LogP contribution < -0.4 is 5.32 Å². The lowest BCUT2D eigenvalue weighted by Gasteiger charge is -2.15. The molecule has 0 amide bonds. The molecule has 0 spiro atoms. The number of hydrogen-bond acceptors (Lipinski definition) is 4. The number of benzene rings is 1. The zero-order valence-electron chi connectivity index (χ0n) is 9.48. The molecular weight excluding hydrogens is 206 g/mol. The van der Waals surface area contributed by atoms with Gasteiger partial charge in [0.2, 0.25) is 0 Å². The number of hydrogen-bond donors (Lipinski definition) is 4. The highest BCUT2D eigenvalue weighted by Gasteiger charge is 2.10. The zero-order chi connectivity index (χ0) is 12.0. The molecule has 1 aromatic rings. The van der Waals surface area contributed by atoms with Gasteiger partial charge in [-0.1, -0.05) is 0 Å². The van der Waals surface area contributed by atoms with Crippen LogP contribution in [0.2, 0.25) is 0 Å². The summed E-state index contributed by atoms with van der Waals surface area (Å²) in [5.41, 5.74) is 0.684. The highest BCUT2D eigenvalue weighted by Crippen LogP contribution is 2.27. The fourth-order valence-electron chi connectivity index (χ4n) is 1.55. The maximum absolute atomic E-state index is 9.62. The first-order valence-electron chi connectivity index (χ1n) is 5.51. The van der Waals surface area contributed by atoms with Crippen LogP contribution in [-0.2, 0) is 0 Å². The van der Waals surface area contributed by atoms with E-state index < -0.39 is 0 Å². The molecule has 0 aliphatic heterocycles. The van der Waals surface area contributed by atoms with Crippen molar-refractivity contribution in [3.05, 3.63) is 23.8 Å². The van der Waals surface area contributed by atoms with Crippen molar-refractivity contribution in [1.82, 2.24) is 5.32 Å². The molecule has 0 aliphatic carbocycles. The Bertz CT molecular complexity index is 328. The topological polar surface area (TPSA) is 72.7 Å². The number of phenols is 2. The molecular formula is C12H19NO3. The maximum atomic E-state index is 9.62. The highest BCUT2D eigenvalue weighted by atomic mass is 16.3. The number of aliphatic hydroxyl groups is 1. The van der Waals surface area contributed by atoms with E-state index in [1.165, 1.54) is 12.1 Å². The summed E-state index contributed by atoms with van der Waals surface area (Å²) in [4.78, 5) is 0. The lowest BCUT2D eigenvalue weighted by atomic mass is 10.1. The Morgan fingerprint density at radius 3 is 2.69 bits per heavy atom. The monoisotopic (exact) mass is 225 g/mol. The van der Waals surface area contributed by atoms with Gasteiger partial charge >= 0.3 is 0 Å². The number of aliphatic hydroxyl groups excluding tert-OH is 1. The Labute approximate surface area is 95.6 Å². The Kier molecular flexibility index (Phi) is 5.08. The average Bonchev–Trinajstić information content (AvgIpc) is 2.27. The van der Waals surface area contributed by atoms with Crippen LogP contribution >= 0.6 is 0 Å². The van der Waals surface area contributed by atoms with E-state index in [0.717, 1.165) is 19.4 Å². The van der Waals surface area contributed by atoms with Gasteiger partial charge in [0.15, 0.2) is 0 Å². The molecule has 1 rings (SSSR count). The van der Waals surface area contributed by atoms with Crippen molar-refractivity contribution in [3.8, 4) is 11.5 Å². The second-order valence-electron chi connectivity index (χ2n) is 3.85. The summed E-state index contributed by atoms with van der Waals surface area (Å²) in [6, 6.07) is 4.47. The van der Waals surface area contributed by atoms with Crippen LogP contribution in [0.5, 0.6) is 11.5 Å². The van der Waals surface area contributed by atoms with Gasteiger partial charge in [0, 0.05) is 18.2 Å². The van der Waals surface area contributed by atoms with Crippen molar-refractivity contribution >= 4 is 0 Å². The van der Waals surface area contributed by atoms with E-state index in [1.54, 1.807) is 6.07 Å². The third-order valence-electron chi connectivity index (χ3n) is 2.51. The minimum absolute atomic E-state index is 0.0224. The lowest BCUT2D eigenvalue weighted by Crippen LogP contribution is -2.20. The Balaban J connectivity index is 2.51. The van der Waals surface area contributed by atoms with Crippen LogP contribution in [-0.4, -0.2) is 28.5 Å². The van der Waals surface area contributed by atoms with Gasteiger partial charge in [0.05, 0.1) is 0 Å². The molecule has 4 heteroatoms. The molecule has 1 atom stereocenters. The number of rotatable bonds is 6. The molecule has 0 bridgehead atoms. The van der Waals surface area contributed by atoms with Gasteiger partial charge in [-0.15, -0.1) is 0 Å². The largest absolute Gasteiger partial charge is 0.508 e. The van der Waals surface area contributed by atoms with Crippen molar-refractivity contribution in [2.75, 3.05) is 13.2 Å². The van der Waals surface area contributed by atoms with E-state index in [2.05, 4.69) is 5.32 Å². The fraction of sp³-hybridized carbons (Fsp3) is 0.500. The number of phenolic OH excluding ortho intramolecular Hbond substituents is 2. The van der Waals surface area contributed by atoms with E-state index in [4.69, 9.17) is 5.11 Å². The number of nitrogens with one attached hydrogen (secondary N) is 1. The molecule has 4 N–H and O–H groups in total. The molecule has 1 aromatic carbocycles. The molecule has 0 saturated heterocycles. The Morgan fingerprint density at radius 1 is 1.25 bits per heavy atom. The molecule has 0 aliphatic rings. The predicted octanol–water partition coefficient (Wildman–Crippen LogP) is 1.52. The SMILES string of the molecule is CC(NCCCCO)c1cc(O)ccc1O. The fourth-order valence-corrected chi connectivity index (χ4v) is 1.55. The summed E-state index contributed by atoms with van der Waals surface area (Å²) in [7, 11) is 0. The summed E-state index contributed by atoms with van der Waals surface area (Å²) < 4.78 is 0. The summed E-state index contributed by atoms with van der Waals surface area (Å²) >= 11 is 0. The van der Waals surface area contributed by atoms with E-state index in [1.807, 2.05) is 6.92 Å². The molecule has 0 fully saturated rings. The lowest BCUT2D eigenvalue weighted by molar-refractivity contribution is 0.282. The third kappa shape index (κ3) is 3.72. The van der Waals surface area contributed by atoms with Crippen LogP contribution in [0, 0.1) is 0 Å². The van der Waals surface area contributed by atoms with Crippen molar-refractivity contribution in [3.63, 3.8) is 0 Å². The third-order valence-corrected chi connectivity index (χ3v) is 2.51. The normalized spacial score (nSPS) is 12.6. The van der Waals surface area contributed by atoms with Crippen LogP contribution in [0.4, 0.5) is 0 Å². The van der Waals surface area contributed by atoms with E-state index in [0.29, 0.717) is 5.56 Å². The first-order valence-corrected chi connectivity index (χ1v) is 5.51. The minimum Gasteiger partial charge on any atom is -0.508 e. The second kappa shape index (κ2) is 6.35. The van der Waals surface area contributed by atoms with Crippen LogP contribution in [0.3, 0.4) is 0 Å². The first kappa shape index (κ1) is 12.8. The average molecular weight is 225 g/mol. The number of unbranched alkanes of at least 4 members (excludes halogenated alkanes) is 1. The zero-order valence-corrected chi connectivity index (χ0v) is 9.48. The number of aromatic hydroxyl groups is 2. The molecule has 0 saturated carbocycles. The summed E-state index contributed by atoms with van der Waals surface area (Å²) in [5, 5.41) is 30.8. The van der Waals surface area contributed by atoms with Crippen molar-refractivity contribution in [2.45, 2.75) is 25.8 Å². The Morgan fingerprint density at radius 2 is 2.00 bits per heavy atom. The first-order chi connectivity index (χ1) is 7.65. The van der Waals surface area contributed by atoms with Gasteiger partial charge < -0.3 is 20.6 Å². The van der Waals surface area contributed by atoms with Crippen LogP contribution in [0.1, 0.15) is 31.4 Å². The van der Waals surface area contributed by atoms with Gasteiger partial charge in [-0.05, 0) is 44.5 Å². The van der Waals surface area contributed by atoms with Gasteiger partial charge in [0.25, 0.3) is 0 Å². The van der Waals surface area contributed by atoms with Gasteiger partial charge in [-0.2, -0.15) is 0 Å². The van der Waals surface area contributed by atoms with Crippen LogP contribution in [0.25, 0.3) is 0 Å². The molecule has 0 aromatic heterocycles. The standard InChI is InChI=1S/C12H19NO3/c1-9(13-6-2-3-7-14)11-8-10(15)4-5-12(11)16/h4-5,8-9,13-16H,2-3,6-7H2,1H3. The summed E-state index contributed by atoms with van der Waals surface area (Å²) in [5.74, 6) is 0.330. The highest BCUT2D eigenvalue weighted by molar-refractivity contribution is 5.40. The second-order valence-corrected chi connectivity index (χ2v) is 3.85.